The topological polar surface area (TPSA) is 41.5 Å². The molecule has 2 N–H and O–H groups in total. The molecule has 3 heteroatoms. The van der Waals surface area contributed by atoms with Gasteiger partial charge in [0.05, 0.1) is 6.61 Å². The van der Waals surface area contributed by atoms with Crippen LogP contribution in [0.25, 0.3) is 0 Å². The highest BCUT2D eigenvalue weighted by Gasteiger charge is 2.17. The summed E-state index contributed by atoms with van der Waals surface area (Å²) in [6.07, 6.45) is 4.25. The molecular weight excluding hydrogens is 262 g/mol. The molecule has 21 heavy (non-hydrogen) atoms. The van der Waals surface area contributed by atoms with Crippen molar-refractivity contribution in [3.63, 3.8) is 0 Å². The SMILES string of the molecule is CC(C)(CNCc1ccccc1)COCCCCCCO. The van der Waals surface area contributed by atoms with Crippen molar-refractivity contribution in [1.82, 2.24) is 5.32 Å². The molecule has 3 nitrogen and oxygen atoms in total. The van der Waals surface area contributed by atoms with Gasteiger partial charge in [0.25, 0.3) is 0 Å². The number of ether oxygens (including phenoxy) is 1. The first-order valence-electron chi connectivity index (χ1n) is 8.07. The van der Waals surface area contributed by atoms with Crippen LogP contribution in [0.2, 0.25) is 0 Å². The van der Waals surface area contributed by atoms with E-state index in [4.69, 9.17) is 9.84 Å². The normalized spacial score (nSPS) is 11.8. The monoisotopic (exact) mass is 293 g/mol. The number of aliphatic hydroxyl groups is 1. The summed E-state index contributed by atoms with van der Waals surface area (Å²) in [7, 11) is 0. The Labute approximate surface area is 129 Å². The fourth-order valence-corrected chi connectivity index (χ4v) is 2.21. The lowest BCUT2D eigenvalue weighted by atomic mass is 9.95. The smallest absolute Gasteiger partial charge is 0.0529 e. The lowest BCUT2D eigenvalue weighted by Gasteiger charge is -2.25. The van der Waals surface area contributed by atoms with Gasteiger partial charge in [0.1, 0.15) is 0 Å². The molecule has 1 rings (SSSR count). The lowest BCUT2D eigenvalue weighted by Crippen LogP contribution is -2.33. The van der Waals surface area contributed by atoms with Crippen LogP contribution >= 0.6 is 0 Å². The van der Waals surface area contributed by atoms with E-state index in [1.807, 2.05) is 6.07 Å². The maximum absolute atomic E-state index is 8.70. The first kappa shape index (κ1) is 18.1. The molecule has 0 bridgehead atoms. The number of benzene rings is 1. The molecule has 120 valence electrons. The molecule has 0 fully saturated rings. The molecule has 0 spiro atoms. The van der Waals surface area contributed by atoms with Gasteiger partial charge in [-0.05, 0) is 18.4 Å². The van der Waals surface area contributed by atoms with Crippen molar-refractivity contribution in [2.75, 3.05) is 26.4 Å². The van der Waals surface area contributed by atoms with E-state index < -0.39 is 0 Å². The highest BCUT2D eigenvalue weighted by Crippen LogP contribution is 2.14. The summed E-state index contributed by atoms with van der Waals surface area (Å²) in [6.45, 7) is 8.24. The first-order chi connectivity index (χ1) is 10.1. The Morgan fingerprint density at radius 2 is 1.76 bits per heavy atom. The van der Waals surface area contributed by atoms with Crippen LogP contribution in [0.5, 0.6) is 0 Å². The van der Waals surface area contributed by atoms with Crippen LogP contribution in [0.3, 0.4) is 0 Å². The minimum Gasteiger partial charge on any atom is -0.396 e. The van der Waals surface area contributed by atoms with Gasteiger partial charge >= 0.3 is 0 Å². The molecule has 0 aliphatic rings. The third-order valence-corrected chi connectivity index (χ3v) is 3.47. The van der Waals surface area contributed by atoms with Crippen molar-refractivity contribution in [1.29, 1.82) is 0 Å². The van der Waals surface area contributed by atoms with Gasteiger partial charge in [-0.25, -0.2) is 0 Å². The second-order valence-corrected chi connectivity index (χ2v) is 6.44. The largest absolute Gasteiger partial charge is 0.396 e. The summed E-state index contributed by atoms with van der Waals surface area (Å²) >= 11 is 0. The van der Waals surface area contributed by atoms with Gasteiger partial charge in [0, 0.05) is 31.7 Å². The summed E-state index contributed by atoms with van der Waals surface area (Å²) in [5.74, 6) is 0. The molecule has 0 aliphatic carbocycles. The van der Waals surface area contributed by atoms with Crippen LogP contribution in [0.4, 0.5) is 0 Å². The zero-order valence-corrected chi connectivity index (χ0v) is 13.6. The fourth-order valence-electron chi connectivity index (χ4n) is 2.21. The molecule has 0 heterocycles. The molecular formula is C18H31NO2. The average Bonchev–Trinajstić information content (AvgIpc) is 2.47. The molecule has 0 aliphatic heterocycles. The Hall–Kier alpha value is -0.900. The predicted octanol–water partition coefficient (Wildman–Crippen LogP) is 3.37. The van der Waals surface area contributed by atoms with Gasteiger partial charge in [-0.1, -0.05) is 57.0 Å². The molecule has 0 radical (unpaired) electrons. The standard InChI is InChI=1S/C18H31NO2/c1-18(2,16-21-13-9-4-3-8-12-20)15-19-14-17-10-6-5-7-11-17/h5-7,10-11,19-20H,3-4,8-9,12-16H2,1-2H3. The Bertz CT molecular complexity index is 351. The summed E-state index contributed by atoms with van der Waals surface area (Å²) < 4.78 is 5.78. The van der Waals surface area contributed by atoms with E-state index >= 15 is 0 Å². The predicted molar refractivity (Wildman–Crippen MR) is 88.3 cm³/mol. The van der Waals surface area contributed by atoms with Crippen LogP contribution in [0.1, 0.15) is 45.1 Å². The molecule has 0 atom stereocenters. The molecule has 0 saturated heterocycles. The lowest BCUT2D eigenvalue weighted by molar-refractivity contribution is 0.0594. The van der Waals surface area contributed by atoms with Crippen molar-refractivity contribution in [3.8, 4) is 0 Å². The molecule has 1 aromatic carbocycles. The zero-order chi connectivity index (χ0) is 15.4. The van der Waals surface area contributed by atoms with Crippen molar-refractivity contribution >= 4 is 0 Å². The van der Waals surface area contributed by atoms with E-state index in [1.54, 1.807) is 0 Å². The Balaban J connectivity index is 2.04. The van der Waals surface area contributed by atoms with E-state index in [-0.39, 0.29) is 5.41 Å². The second-order valence-electron chi connectivity index (χ2n) is 6.44. The third-order valence-electron chi connectivity index (χ3n) is 3.47. The van der Waals surface area contributed by atoms with E-state index in [0.29, 0.717) is 6.61 Å². The number of nitrogens with one attached hydrogen (secondary N) is 1. The van der Waals surface area contributed by atoms with E-state index in [9.17, 15) is 0 Å². The van der Waals surface area contributed by atoms with Gasteiger partial charge in [-0.3, -0.25) is 0 Å². The molecule has 0 aromatic heterocycles. The van der Waals surface area contributed by atoms with Crippen LogP contribution in [-0.2, 0) is 11.3 Å². The highest BCUT2D eigenvalue weighted by atomic mass is 16.5. The maximum Gasteiger partial charge on any atom is 0.0529 e. The minimum absolute atomic E-state index is 0.153. The van der Waals surface area contributed by atoms with Crippen LogP contribution in [0.15, 0.2) is 30.3 Å². The van der Waals surface area contributed by atoms with Crippen molar-refractivity contribution < 1.29 is 9.84 Å². The third kappa shape index (κ3) is 9.62. The van der Waals surface area contributed by atoms with Crippen LogP contribution in [-0.4, -0.2) is 31.5 Å². The van der Waals surface area contributed by atoms with Crippen LogP contribution < -0.4 is 5.32 Å². The zero-order valence-electron chi connectivity index (χ0n) is 13.6. The van der Waals surface area contributed by atoms with Gasteiger partial charge in [-0.15, -0.1) is 0 Å². The molecule has 1 aromatic rings. The van der Waals surface area contributed by atoms with Crippen molar-refractivity contribution in [3.05, 3.63) is 35.9 Å². The average molecular weight is 293 g/mol. The first-order valence-corrected chi connectivity index (χ1v) is 8.07. The number of hydrogen-bond acceptors (Lipinski definition) is 3. The van der Waals surface area contributed by atoms with E-state index in [2.05, 4.69) is 43.4 Å². The molecule has 0 saturated carbocycles. The second kappa shape index (κ2) is 10.8. The van der Waals surface area contributed by atoms with Gasteiger partial charge in [-0.2, -0.15) is 0 Å². The highest BCUT2D eigenvalue weighted by molar-refractivity contribution is 5.14. The van der Waals surface area contributed by atoms with Crippen LogP contribution in [0, 0.1) is 5.41 Å². The Kier molecular flexibility index (Phi) is 9.31. The summed E-state index contributed by atoms with van der Waals surface area (Å²) in [4.78, 5) is 0. The van der Waals surface area contributed by atoms with Crippen molar-refractivity contribution in [2.24, 2.45) is 5.41 Å². The molecule has 0 unspecified atom stereocenters. The summed E-state index contributed by atoms with van der Waals surface area (Å²) in [6, 6.07) is 10.5. The van der Waals surface area contributed by atoms with Crippen molar-refractivity contribution in [2.45, 2.75) is 46.1 Å². The molecule has 0 amide bonds. The van der Waals surface area contributed by atoms with Gasteiger partial charge in [0.2, 0.25) is 0 Å². The summed E-state index contributed by atoms with van der Waals surface area (Å²) in [5, 5.41) is 12.2. The number of rotatable bonds is 12. The van der Waals surface area contributed by atoms with Gasteiger partial charge < -0.3 is 15.2 Å². The Morgan fingerprint density at radius 1 is 1.05 bits per heavy atom. The van der Waals surface area contributed by atoms with E-state index in [1.165, 1.54) is 5.56 Å². The number of unbranched alkanes of at least 4 members (excludes halogenated alkanes) is 3. The number of hydrogen-bond donors (Lipinski definition) is 2. The quantitative estimate of drug-likeness (QED) is 0.581. The van der Waals surface area contributed by atoms with Gasteiger partial charge in [0.15, 0.2) is 0 Å². The maximum atomic E-state index is 8.70. The fraction of sp³-hybridized carbons (Fsp3) is 0.667. The van der Waals surface area contributed by atoms with E-state index in [0.717, 1.165) is 52.0 Å². The summed E-state index contributed by atoms with van der Waals surface area (Å²) in [5.41, 5.74) is 1.47. The minimum atomic E-state index is 0.153. The Morgan fingerprint density at radius 3 is 2.48 bits per heavy atom. The number of aliphatic hydroxyl groups excluding tert-OH is 1.